The van der Waals surface area contributed by atoms with Crippen molar-refractivity contribution in [3.8, 4) is 5.75 Å². The van der Waals surface area contributed by atoms with Crippen molar-refractivity contribution < 1.29 is 13.2 Å². The summed E-state index contributed by atoms with van der Waals surface area (Å²) in [5.74, 6) is 0.692. The molecule has 0 bridgehead atoms. The Morgan fingerprint density at radius 3 is 2.20 bits per heavy atom. The number of ether oxygens (including phenoxy) is 1. The second kappa shape index (κ2) is 7.58. The van der Waals surface area contributed by atoms with E-state index in [1.807, 2.05) is 39.8 Å². The molecule has 1 N–H and O–H groups in total. The summed E-state index contributed by atoms with van der Waals surface area (Å²) >= 11 is 0. The van der Waals surface area contributed by atoms with Crippen LogP contribution in [0.15, 0.2) is 35.2 Å². The monoisotopic (exact) mass is 361 g/mol. The molecule has 2 rings (SSSR count). The van der Waals surface area contributed by atoms with Gasteiger partial charge in [0.2, 0.25) is 10.0 Å². The standard InChI is InChI=1S/C20H27NO3S/c1-7-18(17-9-8-13(2)14(3)10-17)21-25(22,23)20-12-15(4)19(24-6)11-16(20)5/h8-12,18,21H,7H2,1-6H3/t18-/m0/s1. The summed E-state index contributed by atoms with van der Waals surface area (Å²) < 4.78 is 34.0. The highest BCUT2D eigenvalue weighted by Crippen LogP contribution is 2.28. The first-order chi connectivity index (χ1) is 11.7. The van der Waals surface area contributed by atoms with Gasteiger partial charge in [-0.3, -0.25) is 0 Å². The summed E-state index contributed by atoms with van der Waals surface area (Å²) in [6.45, 7) is 9.70. The predicted molar refractivity (Wildman–Crippen MR) is 102 cm³/mol. The molecule has 2 aromatic rings. The minimum atomic E-state index is -3.63. The molecule has 0 saturated heterocycles. The van der Waals surface area contributed by atoms with Crippen LogP contribution < -0.4 is 9.46 Å². The lowest BCUT2D eigenvalue weighted by Crippen LogP contribution is -2.29. The Kier molecular flexibility index (Phi) is 5.91. The third kappa shape index (κ3) is 4.22. The van der Waals surface area contributed by atoms with Crippen molar-refractivity contribution in [2.45, 2.75) is 52.0 Å². The van der Waals surface area contributed by atoms with Gasteiger partial charge in [0, 0.05) is 6.04 Å². The summed E-state index contributed by atoms with van der Waals surface area (Å²) in [4.78, 5) is 0.299. The number of sulfonamides is 1. The molecule has 0 aliphatic rings. The maximum Gasteiger partial charge on any atom is 0.241 e. The molecule has 0 fully saturated rings. The predicted octanol–water partition coefficient (Wildman–Crippen LogP) is 4.36. The Hall–Kier alpha value is -1.85. The van der Waals surface area contributed by atoms with Crippen LogP contribution in [0.3, 0.4) is 0 Å². The molecule has 0 heterocycles. The van der Waals surface area contributed by atoms with Gasteiger partial charge in [0.1, 0.15) is 5.75 Å². The van der Waals surface area contributed by atoms with E-state index in [4.69, 9.17) is 4.74 Å². The topological polar surface area (TPSA) is 55.4 Å². The summed E-state index contributed by atoms with van der Waals surface area (Å²) in [7, 11) is -2.04. The zero-order chi connectivity index (χ0) is 18.8. The molecule has 25 heavy (non-hydrogen) atoms. The van der Waals surface area contributed by atoms with Crippen molar-refractivity contribution >= 4 is 10.0 Å². The van der Waals surface area contributed by atoms with Crippen LogP contribution in [0.1, 0.15) is 47.2 Å². The molecule has 5 heteroatoms. The first-order valence-corrected chi connectivity index (χ1v) is 9.92. The molecule has 4 nitrogen and oxygen atoms in total. The summed E-state index contributed by atoms with van der Waals surface area (Å²) in [6.07, 6.45) is 0.677. The Balaban J connectivity index is 2.39. The Morgan fingerprint density at radius 1 is 0.960 bits per heavy atom. The minimum Gasteiger partial charge on any atom is -0.496 e. The molecule has 0 spiro atoms. The molecule has 1 atom stereocenters. The van der Waals surface area contributed by atoms with Crippen LogP contribution in [0.4, 0.5) is 0 Å². The number of hydrogen-bond donors (Lipinski definition) is 1. The van der Waals surface area contributed by atoms with Gasteiger partial charge < -0.3 is 4.74 Å². The largest absolute Gasteiger partial charge is 0.496 e. The quantitative estimate of drug-likeness (QED) is 0.832. The smallest absolute Gasteiger partial charge is 0.241 e. The van der Waals surface area contributed by atoms with Crippen molar-refractivity contribution in [1.82, 2.24) is 4.72 Å². The molecule has 136 valence electrons. The fourth-order valence-corrected chi connectivity index (χ4v) is 4.51. The summed E-state index contributed by atoms with van der Waals surface area (Å²) in [5.41, 5.74) is 4.81. The Labute approximate surface area is 151 Å². The highest BCUT2D eigenvalue weighted by molar-refractivity contribution is 7.89. The molecule has 0 aromatic heterocycles. The van der Waals surface area contributed by atoms with Crippen LogP contribution in [0.25, 0.3) is 0 Å². The Bertz CT molecular complexity index is 873. The number of rotatable bonds is 6. The van der Waals surface area contributed by atoms with E-state index in [0.29, 0.717) is 22.6 Å². The van der Waals surface area contributed by atoms with Gasteiger partial charge in [-0.25, -0.2) is 13.1 Å². The molecular formula is C20H27NO3S. The van der Waals surface area contributed by atoms with E-state index in [2.05, 4.69) is 10.8 Å². The lowest BCUT2D eigenvalue weighted by molar-refractivity contribution is 0.411. The van der Waals surface area contributed by atoms with Gasteiger partial charge in [0.05, 0.1) is 12.0 Å². The van der Waals surface area contributed by atoms with E-state index >= 15 is 0 Å². The SMILES string of the molecule is CC[C@H](NS(=O)(=O)c1cc(C)c(OC)cc1C)c1ccc(C)c(C)c1. The fraction of sp³-hybridized carbons (Fsp3) is 0.400. The zero-order valence-corrected chi connectivity index (χ0v) is 16.6. The van der Waals surface area contributed by atoms with Crippen LogP contribution in [0.5, 0.6) is 5.75 Å². The summed E-state index contributed by atoms with van der Waals surface area (Å²) in [6, 6.07) is 9.25. The van der Waals surface area contributed by atoms with Gasteiger partial charge in [-0.15, -0.1) is 0 Å². The van der Waals surface area contributed by atoms with E-state index < -0.39 is 10.0 Å². The molecule has 0 unspecified atom stereocenters. The average Bonchev–Trinajstić information content (AvgIpc) is 2.56. The van der Waals surface area contributed by atoms with Crippen LogP contribution >= 0.6 is 0 Å². The third-order valence-electron chi connectivity index (χ3n) is 4.62. The lowest BCUT2D eigenvalue weighted by atomic mass is 10.0. The van der Waals surface area contributed by atoms with E-state index in [0.717, 1.165) is 16.7 Å². The van der Waals surface area contributed by atoms with Crippen molar-refractivity contribution in [3.05, 3.63) is 58.1 Å². The van der Waals surface area contributed by atoms with Crippen LogP contribution in [-0.2, 0) is 10.0 Å². The number of methoxy groups -OCH3 is 1. The number of aryl methyl sites for hydroxylation is 4. The minimum absolute atomic E-state index is 0.258. The molecule has 0 amide bonds. The highest BCUT2D eigenvalue weighted by atomic mass is 32.2. The van der Waals surface area contributed by atoms with Gasteiger partial charge in [-0.05, 0) is 74.1 Å². The van der Waals surface area contributed by atoms with Crippen molar-refractivity contribution in [2.24, 2.45) is 0 Å². The Morgan fingerprint density at radius 2 is 1.64 bits per heavy atom. The van der Waals surface area contributed by atoms with Gasteiger partial charge >= 0.3 is 0 Å². The normalized spacial score (nSPS) is 12.9. The van der Waals surface area contributed by atoms with E-state index in [-0.39, 0.29) is 6.04 Å². The lowest BCUT2D eigenvalue weighted by Gasteiger charge is -2.20. The molecule has 0 aliphatic carbocycles. The molecule has 2 aromatic carbocycles. The van der Waals surface area contributed by atoms with E-state index in [9.17, 15) is 8.42 Å². The van der Waals surface area contributed by atoms with Gasteiger partial charge in [-0.1, -0.05) is 25.1 Å². The van der Waals surface area contributed by atoms with Crippen LogP contribution in [0.2, 0.25) is 0 Å². The zero-order valence-electron chi connectivity index (χ0n) is 15.8. The number of benzene rings is 2. The second-order valence-corrected chi connectivity index (χ2v) is 8.20. The number of hydrogen-bond acceptors (Lipinski definition) is 3. The van der Waals surface area contributed by atoms with E-state index in [1.54, 1.807) is 26.2 Å². The molecular weight excluding hydrogens is 334 g/mol. The number of nitrogens with one attached hydrogen (secondary N) is 1. The van der Waals surface area contributed by atoms with Crippen molar-refractivity contribution in [3.63, 3.8) is 0 Å². The maximum absolute atomic E-state index is 12.9. The maximum atomic E-state index is 12.9. The average molecular weight is 362 g/mol. The second-order valence-electron chi connectivity index (χ2n) is 6.51. The van der Waals surface area contributed by atoms with Gasteiger partial charge in [0.25, 0.3) is 0 Å². The first-order valence-electron chi connectivity index (χ1n) is 8.44. The van der Waals surface area contributed by atoms with Crippen LogP contribution in [0, 0.1) is 27.7 Å². The van der Waals surface area contributed by atoms with Gasteiger partial charge in [0.15, 0.2) is 0 Å². The molecule has 0 radical (unpaired) electrons. The highest BCUT2D eigenvalue weighted by Gasteiger charge is 2.23. The van der Waals surface area contributed by atoms with Crippen molar-refractivity contribution in [2.75, 3.05) is 7.11 Å². The first kappa shape index (κ1) is 19.5. The van der Waals surface area contributed by atoms with Crippen LogP contribution in [-0.4, -0.2) is 15.5 Å². The fourth-order valence-electron chi connectivity index (χ4n) is 2.89. The molecule has 0 aliphatic heterocycles. The molecule has 0 saturated carbocycles. The van der Waals surface area contributed by atoms with E-state index in [1.165, 1.54) is 5.56 Å². The summed E-state index contributed by atoms with van der Waals surface area (Å²) in [5, 5.41) is 0. The van der Waals surface area contributed by atoms with Gasteiger partial charge in [-0.2, -0.15) is 0 Å². The van der Waals surface area contributed by atoms with Crippen molar-refractivity contribution in [1.29, 1.82) is 0 Å². The third-order valence-corrected chi connectivity index (χ3v) is 6.23.